The Hall–Kier alpha value is -1.13. The number of aromatic nitrogens is 4. The topological polar surface area (TPSA) is 43.6 Å². The van der Waals surface area contributed by atoms with Crippen molar-refractivity contribution in [3.05, 3.63) is 33.9 Å². The van der Waals surface area contributed by atoms with Crippen LogP contribution in [0.1, 0.15) is 41.4 Å². The van der Waals surface area contributed by atoms with Gasteiger partial charge in [-0.15, -0.1) is 11.6 Å². The van der Waals surface area contributed by atoms with Gasteiger partial charge < -0.3 is 0 Å². The van der Waals surface area contributed by atoms with Crippen molar-refractivity contribution < 1.29 is 0 Å². The molecule has 6 heteroatoms. The molecule has 0 spiro atoms. The van der Waals surface area contributed by atoms with Crippen molar-refractivity contribution in [3.63, 3.8) is 0 Å². The van der Waals surface area contributed by atoms with Gasteiger partial charge in [-0.1, -0.05) is 11.6 Å². The van der Waals surface area contributed by atoms with Crippen LogP contribution in [0, 0.1) is 13.8 Å². The molecule has 2 aromatic heterocycles. The highest BCUT2D eigenvalue weighted by Crippen LogP contribution is 2.43. The molecule has 0 amide bonds. The van der Waals surface area contributed by atoms with Gasteiger partial charge in [-0.3, -0.25) is 0 Å². The lowest BCUT2D eigenvalue weighted by molar-refractivity contribution is 0.772. The Morgan fingerprint density at radius 3 is 2.42 bits per heavy atom. The Morgan fingerprint density at radius 1 is 1.26 bits per heavy atom. The molecule has 0 aromatic carbocycles. The fourth-order valence-electron chi connectivity index (χ4n) is 2.19. The quantitative estimate of drug-likeness (QED) is 0.814. The first-order valence-corrected chi connectivity index (χ1v) is 7.17. The van der Waals surface area contributed by atoms with E-state index in [2.05, 4.69) is 15.1 Å². The van der Waals surface area contributed by atoms with E-state index in [9.17, 15) is 0 Å². The minimum Gasteiger partial charge on any atom is -0.216 e. The number of rotatable bonds is 3. The van der Waals surface area contributed by atoms with Crippen LogP contribution in [0.4, 0.5) is 0 Å². The van der Waals surface area contributed by atoms with Crippen molar-refractivity contribution in [2.24, 2.45) is 0 Å². The van der Waals surface area contributed by atoms with Crippen LogP contribution < -0.4 is 0 Å². The van der Waals surface area contributed by atoms with Gasteiger partial charge in [0.05, 0.1) is 11.6 Å². The first-order valence-electron chi connectivity index (χ1n) is 6.26. The van der Waals surface area contributed by atoms with E-state index in [1.165, 1.54) is 0 Å². The molecule has 2 heterocycles. The Bertz CT molecular complexity index is 612. The first kappa shape index (κ1) is 12.9. The van der Waals surface area contributed by atoms with Crippen LogP contribution in [0.5, 0.6) is 0 Å². The zero-order valence-electron chi connectivity index (χ0n) is 10.8. The SMILES string of the molecule is Cc1cc(C)nc(-n2nc(C3CC3)c(CCl)c2Cl)n1. The molecule has 2 aromatic rings. The maximum Gasteiger partial charge on any atom is 0.252 e. The third-order valence-electron chi connectivity index (χ3n) is 3.21. The number of nitrogens with zero attached hydrogens (tertiary/aromatic N) is 4. The highest BCUT2D eigenvalue weighted by Gasteiger charge is 2.31. The smallest absolute Gasteiger partial charge is 0.216 e. The van der Waals surface area contributed by atoms with E-state index in [4.69, 9.17) is 23.2 Å². The van der Waals surface area contributed by atoms with E-state index >= 15 is 0 Å². The molecule has 100 valence electrons. The Morgan fingerprint density at radius 2 is 1.89 bits per heavy atom. The Balaban J connectivity index is 2.14. The van der Waals surface area contributed by atoms with Crippen molar-refractivity contribution in [3.8, 4) is 5.95 Å². The summed E-state index contributed by atoms with van der Waals surface area (Å²) in [4.78, 5) is 8.79. The molecule has 0 atom stereocenters. The van der Waals surface area contributed by atoms with Gasteiger partial charge >= 0.3 is 0 Å². The van der Waals surface area contributed by atoms with Crippen molar-refractivity contribution in [1.29, 1.82) is 0 Å². The lowest BCUT2D eigenvalue weighted by atomic mass is 10.2. The Labute approximate surface area is 121 Å². The predicted molar refractivity (Wildman–Crippen MR) is 75.2 cm³/mol. The lowest BCUT2D eigenvalue weighted by Gasteiger charge is -2.03. The second kappa shape index (κ2) is 4.76. The third-order valence-corrected chi connectivity index (χ3v) is 3.86. The molecule has 0 radical (unpaired) electrons. The maximum atomic E-state index is 6.38. The van der Waals surface area contributed by atoms with Gasteiger partial charge in [0.25, 0.3) is 5.95 Å². The molecule has 19 heavy (non-hydrogen) atoms. The highest BCUT2D eigenvalue weighted by molar-refractivity contribution is 6.31. The fraction of sp³-hybridized carbons (Fsp3) is 0.462. The zero-order valence-corrected chi connectivity index (χ0v) is 12.3. The van der Waals surface area contributed by atoms with E-state index in [0.29, 0.717) is 22.9 Å². The lowest BCUT2D eigenvalue weighted by Crippen LogP contribution is -2.05. The second-order valence-corrected chi connectivity index (χ2v) is 5.55. The summed E-state index contributed by atoms with van der Waals surface area (Å²) in [5.41, 5.74) is 3.71. The standard InChI is InChI=1S/C13H14Cl2N4/c1-7-5-8(2)17-13(16-7)19-12(15)10(6-14)11(18-19)9-3-4-9/h5,9H,3-4,6H2,1-2H3. The molecule has 1 aliphatic carbocycles. The number of hydrogen-bond donors (Lipinski definition) is 0. The summed E-state index contributed by atoms with van der Waals surface area (Å²) < 4.78 is 1.60. The summed E-state index contributed by atoms with van der Waals surface area (Å²) in [5.74, 6) is 1.38. The molecule has 0 bridgehead atoms. The first-order chi connectivity index (χ1) is 9.10. The molecular weight excluding hydrogens is 283 g/mol. The van der Waals surface area contributed by atoms with Gasteiger partial charge in [0, 0.05) is 22.9 Å². The van der Waals surface area contributed by atoms with Crippen LogP contribution in [0.3, 0.4) is 0 Å². The van der Waals surface area contributed by atoms with Crippen molar-refractivity contribution in [1.82, 2.24) is 19.7 Å². The summed E-state index contributed by atoms with van der Waals surface area (Å²) in [6, 6.07) is 1.92. The molecule has 0 unspecified atom stereocenters. The summed E-state index contributed by atoms with van der Waals surface area (Å²) >= 11 is 12.4. The molecule has 1 fully saturated rings. The van der Waals surface area contributed by atoms with Gasteiger partial charge in [-0.25, -0.2) is 9.97 Å². The third kappa shape index (κ3) is 2.35. The summed E-state index contributed by atoms with van der Waals surface area (Å²) in [6.45, 7) is 3.86. The molecule has 1 saturated carbocycles. The van der Waals surface area contributed by atoms with E-state index in [1.54, 1.807) is 4.68 Å². The van der Waals surface area contributed by atoms with E-state index < -0.39 is 0 Å². The van der Waals surface area contributed by atoms with Gasteiger partial charge in [-0.05, 0) is 32.8 Å². The highest BCUT2D eigenvalue weighted by atomic mass is 35.5. The normalized spacial score (nSPS) is 14.9. The summed E-state index contributed by atoms with van der Waals surface area (Å²) in [7, 11) is 0. The summed E-state index contributed by atoms with van der Waals surface area (Å²) in [5, 5.41) is 5.10. The molecule has 0 N–H and O–H groups in total. The second-order valence-electron chi connectivity index (χ2n) is 4.93. The molecule has 0 aliphatic heterocycles. The van der Waals surface area contributed by atoms with Gasteiger partial charge in [-0.2, -0.15) is 9.78 Å². The fourth-order valence-corrected chi connectivity index (χ4v) is 2.80. The largest absolute Gasteiger partial charge is 0.252 e. The average molecular weight is 297 g/mol. The molecule has 1 aliphatic rings. The number of hydrogen-bond acceptors (Lipinski definition) is 3. The van der Waals surface area contributed by atoms with E-state index in [-0.39, 0.29) is 0 Å². The monoisotopic (exact) mass is 296 g/mol. The van der Waals surface area contributed by atoms with Crippen molar-refractivity contribution in [2.45, 2.75) is 38.5 Å². The van der Waals surface area contributed by atoms with Gasteiger partial charge in [0.1, 0.15) is 5.15 Å². The van der Waals surface area contributed by atoms with Crippen LogP contribution in [-0.4, -0.2) is 19.7 Å². The van der Waals surface area contributed by atoms with Crippen LogP contribution in [0.25, 0.3) is 5.95 Å². The average Bonchev–Trinajstić information content (AvgIpc) is 3.12. The van der Waals surface area contributed by atoms with Gasteiger partial charge in [0.15, 0.2) is 0 Å². The minimum atomic E-state index is 0.371. The van der Waals surface area contributed by atoms with Crippen molar-refractivity contribution >= 4 is 23.2 Å². The van der Waals surface area contributed by atoms with Crippen LogP contribution in [0.2, 0.25) is 5.15 Å². The number of halogens is 2. The minimum absolute atomic E-state index is 0.371. The maximum absolute atomic E-state index is 6.38. The molecule has 4 nitrogen and oxygen atoms in total. The van der Waals surface area contributed by atoms with Crippen LogP contribution in [-0.2, 0) is 5.88 Å². The summed E-state index contributed by atoms with van der Waals surface area (Å²) in [6.07, 6.45) is 2.32. The zero-order chi connectivity index (χ0) is 13.6. The van der Waals surface area contributed by atoms with E-state index in [0.717, 1.165) is 35.5 Å². The van der Waals surface area contributed by atoms with E-state index in [1.807, 2.05) is 19.9 Å². The molecular formula is C13H14Cl2N4. The van der Waals surface area contributed by atoms with Gasteiger partial charge in [0.2, 0.25) is 0 Å². The van der Waals surface area contributed by atoms with Crippen molar-refractivity contribution in [2.75, 3.05) is 0 Å². The van der Waals surface area contributed by atoms with Crippen LogP contribution >= 0.6 is 23.2 Å². The Kier molecular flexibility index (Phi) is 3.23. The number of aryl methyl sites for hydroxylation is 2. The number of alkyl halides is 1. The van der Waals surface area contributed by atoms with Crippen LogP contribution in [0.15, 0.2) is 6.07 Å². The molecule has 0 saturated heterocycles. The predicted octanol–water partition coefficient (Wildman–Crippen LogP) is 3.55. The molecule has 3 rings (SSSR count).